The molecule has 5 nitrogen and oxygen atoms in total. The molecule has 0 aliphatic rings. The Bertz CT molecular complexity index is 971. The molecule has 1 aromatic carbocycles. The fourth-order valence-electron chi connectivity index (χ4n) is 2.82. The molecule has 24 heavy (non-hydrogen) atoms. The molecule has 0 aliphatic carbocycles. The molecule has 0 amide bonds. The summed E-state index contributed by atoms with van der Waals surface area (Å²) in [6, 6.07) is 5.44. The molecular formula is C17H16FN5S. The van der Waals surface area contributed by atoms with Crippen molar-refractivity contribution >= 4 is 22.8 Å². The van der Waals surface area contributed by atoms with Gasteiger partial charge in [0.25, 0.3) is 0 Å². The number of aromatic nitrogens is 4. The van der Waals surface area contributed by atoms with E-state index in [0.717, 1.165) is 5.82 Å². The van der Waals surface area contributed by atoms with Crippen molar-refractivity contribution in [1.82, 2.24) is 19.5 Å². The molecule has 0 aliphatic heterocycles. The van der Waals surface area contributed by atoms with E-state index >= 15 is 0 Å². The maximum absolute atomic E-state index is 14.6. The van der Waals surface area contributed by atoms with E-state index in [-0.39, 0.29) is 6.04 Å². The number of hydrogen-bond acceptors (Lipinski definition) is 5. The largest absolute Gasteiger partial charge is 0.326 e. The molecule has 0 N–H and O–H groups in total. The highest BCUT2D eigenvalue weighted by atomic mass is 32.2. The summed E-state index contributed by atoms with van der Waals surface area (Å²) in [7, 11) is 0. The van der Waals surface area contributed by atoms with E-state index in [2.05, 4.69) is 21.0 Å². The van der Waals surface area contributed by atoms with E-state index in [1.807, 2.05) is 37.7 Å². The van der Waals surface area contributed by atoms with E-state index < -0.39 is 5.82 Å². The van der Waals surface area contributed by atoms with Crippen molar-refractivity contribution in [3.05, 3.63) is 35.5 Å². The van der Waals surface area contributed by atoms with Crippen LogP contribution in [0.2, 0.25) is 0 Å². The van der Waals surface area contributed by atoms with Crippen LogP contribution < -0.4 is 0 Å². The SMILES string of the molecule is CSc1ncc(C#N)c(-c2cc(F)c3nc(C)n(C(C)C)c3c2)n1. The van der Waals surface area contributed by atoms with E-state index in [1.165, 1.54) is 24.0 Å². The van der Waals surface area contributed by atoms with Crippen molar-refractivity contribution in [2.45, 2.75) is 32.0 Å². The summed E-state index contributed by atoms with van der Waals surface area (Å²) in [5.41, 5.74) is 2.34. The molecule has 7 heteroatoms. The van der Waals surface area contributed by atoms with Gasteiger partial charge in [0.2, 0.25) is 0 Å². The minimum atomic E-state index is -0.418. The second-order valence-corrected chi connectivity index (χ2v) is 6.45. The maximum atomic E-state index is 14.6. The Morgan fingerprint density at radius 1 is 1.29 bits per heavy atom. The van der Waals surface area contributed by atoms with Gasteiger partial charge in [0, 0.05) is 17.8 Å². The number of aryl methyl sites for hydroxylation is 1. The van der Waals surface area contributed by atoms with E-state index in [4.69, 9.17) is 0 Å². The molecule has 0 unspecified atom stereocenters. The van der Waals surface area contributed by atoms with Crippen molar-refractivity contribution in [3.63, 3.8) is 0 Å². The van der Waals surface area contributed by atoms with Gasteiger partial charge in [-0.3, -0.25) is 0 Å². The van der Waals surface area contributed by atoms with E-state index in [9.17, 15) is 9.65 Å². The van der Waals surface area contributed by atoms with Gasteiger partial charge >= 0.3 is 0 Å². The van der Waals surface area contributed by atoms with Crippen LogP contribution in [0.25, 0.3) is 22.3 Å². The fraction of sp³-hybridized carbons (Fsp3) is 0.294. The molecule has 0 atom stereocenters. The number of benzene rings is 1. The van der Waals surface area contributed by atoms with Crippen LogP contribution in [0, 0.1) is 24.1 Å². The average Bonchev–Trinajstić information content (AvgIpc) is 2.90. The summed E-state index contributed by atoms with van der Waals surface area (Å²) in [5, 5.41) is 9.86. The lowest BCUT2D eigenvalue weighted by atomic mass is 10.1. The molecule has 0 radical (unpaired) electrons. The first-order valence-electron chi connectivity index (χ1n) is 7.45. The molecule has 0 fully saturated rings. The lowest BCUT2D eigenvalue weighted by Crippen LogP contribution is -2.03. The molecule has 3 aromatic rings. The second-order valence-electron chi connectivity index (χ2n) is 5.68. The number of fused-ring (bicyclic) bond motifs is 1. The van der Waals surface area contributed by atoms with Crippen molar-refractivity contribution in [3.8, 4) is 17.3 Å². The van der Waals surface area contributed by atoms with Gasteiger partial charge in [-0.05, 0) is 39.2 Å². The summed E-state index contributed by atoms with van der Waals surface area (Å²) in [4.78, 5) is 12.8. The summed E-state index contributed by atoms with van der Waals surface area (Å²) < 4.78 is 16.6. The Morgan fingerprint density at radius 2 is 2.04 bits per heavy atom. The first kappa shape index (κ1) is 16.4. The lowest BCUT2D eigenvalue weighted by Gasteiger charge is -2.12. The highest BCUT2D eigenvalue weighted by Crippen LogP contribution is 2.30. The van der Waals surface area contributed by atoms with E-state index in [1.54, 1.807) is 0 Å². The number of imidazole rings is 1. The average molecular weight is 341 g/mol. The van der Waals surface area contributed by atoms with Crippen molar-refractivity contribution in [2.24, 2.45) is 0 Å². The Morgan fingerprint density at radius 3 is 2.67 bits per heavy atom. The molecule has 0 bridgehead atoms. The number of nitrogens with zero attached hydrogens (tertiary/aromatic N) is 5. The van der Waals surface area contributed by atoms with Crippen LogP contribution >= 0.6 is 11.8 Å². The molecule has 2 heterocycles. The monoisotopic (exact) mass is 341 g/mol. The number of halogens is 1. The topological polar surface area (TPSA) is 67.4 Å². The zero-order valence-corrected chi connectivity index (χ0v) is 14.6. The third kappa shape index (κ3) is 2.63. The Hall–Kier alpha value is -2.46. The third-order valence-corrected chi connectivity index (χ3v) is 4.35. The number of thioether (sulfide) groups is 1. The summed E-state index contributed by atoms with van der Waals surface area (Å²) in [6.07, 6.45) is 3.33. The van der Waals surface area contributed by atoms with Gasteiger partial charge < -0.3 is 4.57 Å². The van der Waals surface area contributed by atoms with Crippen LogP contribution in [-0.2, 0) is 0 Å². The van der Waals surface area contributed by atoms with Crippen molar-refractivity contribution < 1.29 is 4.39 Å². The molecule has 0 spiro atoms. The van der Waals surface area contributed by atoms with Crippen molar-refractivity contribution in [1.29, 1.82) is 5.26 Å². The third-order valence-electron chi connectivity index (χ3n) is 3.78. The van der Waals surface area contributed by atoms with Crippen LogP contribution in [0.5, 0.6) is 0 Å². The minimum absolute atomic E-state index is 0.146. The minimum Gasteiger partial charge on any atom is -0.326 e. The first-order chi connectivity index (χ1) is 11.5. The van der Waals surface area contributed by atoms with Crippen molar-refractivity contribution in [2.75, 3.05) is 6.26 Å². The van der Waals surface area contributed by atoms with Gasteiger partial charge in [-0.1, -0.05) is 11.8 Å². The molecule has 122 valence electrons. The smallest absolute Gasteiger partial charge is 0.187 e. The zero-order valence-electron chi connectivity index (χ0n) is 13.8. The first-order valence-corrected chi connectivity index (χ1v) is 8.68. The summed E-state index contributed by atoms with van der Waals surface area (Å²) in [6.45, 7) is 5.90. The number of nitriles is 1. The predicted octanol–water partition coefficient (Wildman–Crippen LogP) is 4.12. The predicted molar refractivity (Wildman–Crippen MR) is 92.3 cm³/mol. The zero-order chi connectivity index (χ0) is 17.4. The fourth-order valence-corrected chi connectivity index (χ4v) is 3.16. The highest BCUT2D eigenvalue weighted by Gasteiger charge is 2.18. The summed E-state index contributed by atoms with van der Waals surface area (Å²) in [5.74, 6) is 0.335. The number of rotatable bonds is 3. The van der Waals surface area contributed by atoms with Crippen LogP contribution in [0.3, 0.4) is 0 Å². The van der Waals surface area contributed by atoms with Gasteiger partial charge in [0.05, 0.1) is 16.8 Å². The normalized spacial score (nSPS) is 11.2. The van der Waals surface area contributed by atoms with Crippen LogP contribution in [0.1, 0.15) is 31.3 Å². The summed E-state index contributed by atoms with van der Waals surface area (Å²) >= 11 is 1.37. The molecular weight excluding hydrogens is 325 g/mol. The Balaban J connectivity index is 2.32. The van der Waals surface area contributed by atoms with Crippen LogP contribution in [-0.4, -0.2) is 25.8 Å². The van der Waals surface area contributed by atoms with E-state index in [0.29, 0.717) is 33.0 Å². The van der Waals surface area contributed by atoms with Gasteiger partial charge in [0.15, 0.2) is 11.0 Å². The van der Waals surface area contributed by atoms with Gasteiger partial charge in [-0.2, -0.15) is 5.26 Å². The molecule has 2 aromatic heterocycles. The highest BCUT2D eigenvalue weighted by molar-refractivity contribution is 7.98. The van der Waals surface area contributed by atoms with Crippen LogP contribution in [0.4, 0.5) is 4.39 Å². The second kappa shape index (κ2) is 6.21. The maximum Gasteiger partial charge on any atom is 0.187 e. The van der Waals surface area contributed by atoms with Gasteiger partial charge in [0.1, 0.15) is 17.4 Å². The lowest BCUT2D eigenvalue weighted by molar-refractivity contribution is 0.600. The standard InChI is InChI=1S/C17H16FN5S/c1-9(2)23-10(3)21-16-13(18)5-11(6-14(16)23)15-12(7-19)8-20-17(22-15)24-4/h5-6,8-9H,1-4H3. The van der Waals surface area contributed by atoms with Gasteiger partial charge in [-0.25, -0.2) is 19.3 Å². The Kier molecular flexibility index (Phi) is 4.24. The molecule has 0 saturated carbocycles. The number of hydrogen-bond donors (Lipinski definition) is 0. The Labute approximate surface area is 143 Å². The molecule has 0 saturated heterocycles. The quantitative estimate of drug-likeness (QED) is 0.529. The van der Waals surface area contributed by atoms with Crippen LogP contribution in [0.15, 0.2) is 23.5 Å². The van der Waals surface area contributed by atoms with Gasteiger partial charge in [-0.15, -0.1) is 0 Å². The molecule has 3 rings (SSSR count).